The second-order valence-corrected chi connectivity index (χ2v) is 7.37. The summed E-state index contributed by atoms with van der Waals surface area (Å²) in [5.74, 6) is 0.214. The normalized spacial score (nSPS) is 18.3. The lowest BCUT2D eigenvalue weighted by Crippen LogP contribution is -2.51. The Balaban J connectivity index is 1.49. The van der Waals surface area contributed by atoms with E-state index in [1.807, 2.05) is 0 Å². The Labute approximate surface area is 172 Å². The molecule has 1 aromatic heterocycles. The third-order valence-corrected chi connectivity index (χ3v) is 5.06. The number of ether oxygens (including phenoxy) is 3. The molecular weight excluding hydrogens is 396 g/mol. The van der Waals surface area contributed by atoms with E-state index in [1.165, 1.54) is 13.1 Å². The van der Waals surface area contributed by atoms with Crippen LogP contribution in [-0.4, -0.2) is 39.4 Å². The van der Waals surface area contributed by atoms with E-state index in [2.05, 4.69) is 9.97 Å². The smallest absolute Gasteiger partial charge is 0.350 e. The molecular formula is C21H19ClN2O5. The van der Waals surface area contributed by atoms with Gasteiger partial charge in [-0.2, -0.15) is 0 Å². The number of hydrogen-bond acceptors (Lipinski definition) is 6. The zero-order chi connectivity index (χ0) is 20.4. The van der Waals surface area contributed by atoms with E-state index in [9.17, 15) is 9.90 Å². The Hall–Kier alpha value is -2.90. The first-order valence-electron chi connectivity index (χ1n) is 9.18. The van der Waals surface area contributed by atoms with E-state index < -0.39 is 17.7 Å². The second-order valence-electron chi connectivity index (χ2n) is 6.93. The molecule has 0 amide bonds. The van der Waals surface area contributed by atoms with Gasteiger partial charge < -0.3 is 19.3 Å². The molecule has 2 aromatic carbocycles. The summed E-state index contributed by atoms with van der Waals surface area (Å²) in [5, 5.41) is 10.2. The number of carbonyl (C=O) groups is 1. The second kappa shape index (κ2) is 7.85. The molecule has 150 valence electrons. The van der Waals surface area contributed by atoms with Crippen molar-refractivity contribution in [1.29, 1.82) is 0 Å². The minimum absolute atomic E-state index is 0.336. The van der Waals surface area contributed by atoms with Crippen LogP contribution in [0.5, 0.6) is 17.4 Å². The molecule has 2 unspecified atom stereocenters. The molecule has 1 aliphatic rings. The van der Waals surface area contributed by atoms with Crippen LogP contribution in [0, 0.1) is 0 Å². The Morgan fingerprint density at radius 3 is 2.66 bits per heavy atom. The lowest BCUT2D eigenvalue weighted by atomic mass is 9.96. The van der Waals surface area contributed by atoms with Crippen LogP contribution >= 0.6 is 11.6 Å². The van der Waals surface area contributed by atoms with Crippen molar-refractivity contribution in [2.75, 3.05) is 6.61 Å². The van der Waals surface area contributed by atoms with Crippen LogP contribution in [0.1, 0.15) is 19.8 Å². The summed E-state index contributed by atoms with van der Waals surface area (Å²) >= 11 is 5.95. The summed E-state index contributed by atoms with van der Waals surface area (Å²) in [7, 11) is 0. The Morgan fingerprint density at radius 1 is 1.21 bits per heavy atom. The van der Waals surface area contributed by atoms with E-state index in [-0.39, 0.29) is 0 Å². The number of halogens is 1. The van der Waals surface area contributed by atoms with Gasteiger partial charge in [0, 0.05) is 11.6 Å². The molecule has 2 atom stereocenters. The molecule has 0 radical (unpaired) electrons. The van der Waals surface area contributed by atoms with Gasteiger partial charge in [-0.15, -0.1) is 0 Å². The average Bonchev–Trinajstić information content (AvgIpc) is 3.25. The van der Waals surface area contributed by atoms with Crippen molar-refractivity contribution in [1.82, 2.24) is 9.97 Å². The van der Waals surface area contributed by atoms with Crippen LogP contribution in [0.25, 0.3) is 11.0 Å². The fourth-order valence-corrected chi connectivity index (χ4v) is 3.38. The highest BCUT2D eigenvalue weighted by Crippen LogP contribution is 2.31. The molecule has 1 N–H and O–H groups in total. The van der Waals surface area contributed by atoms with Crippen molar-refractivity contribution >= 4 is 28.6 Å². The third kappa shape index (κ3) is 4.11. The lowest BCUT2D eigenvalue weighted by Gasteiger charge is -2.31. The molecule has 4 rings (SSSR count). The van der Waals surface area contributed by atoms with Gasteiger partial charge in [-0.1, -0.05) is 11.6 Å². The van der Waals surface area contributed by atoms with E-state index in [0.29, 0.717) is 46.5 Å². The van der Waals surface area contributed by atoms with Crippen molar-refractivity contribution in [3.05, 3.63) is 53.7 Å². The van der Waals surface area contributed by atoms with E-state index >= 15 is 0 Å². The molecule has 2 heterocycles. The summed E-state index contributed by atoms with van der Waals surface area (Å²) in [5.41, 5.74) is -0.111. The number of nitrogens with zero attached hydrogens (tertiary/aromatic N) is 2. The van der Waals surface area contributed by atoms with Crippen LogP contribution in [0.15, 0.2) is 48.7 Å². The summed E-state index contributed by atoms with van der Waals surface area (Å²) < 4.78 is 17.1. The molecule has 0 aliphatic carbocycles. The maximum atomic E-state index is 11.8. The molecule has 29 heavy (non-hydrogen) atoms. The molecule has 1 fully saturated rings. The van der Waals surface area contributed by atoms with Crippen LogP contribution < -0.4 is 9.47 Å². The van der Waals surface area contributed by atoms with Crippen LogP contribution in [-0.2, 0) is 9.53 Å². The predicted molar refractivity (Wildman–Crippen MR) is 107 cm³/mol. The van der Waals surface area contributed by atoms with Gasteiger partial charge in [-0.3, -0.25) is 0 Å². The largest absolute Gasteiger partial charge is 0.478 e. The van der Waals surface area contributed by atoms with Gasteiger partial charge in [0.05, 0.1) is 17.2 Å². The summed E-state index contributed by atoms with van der Waals surface area (Å²) in [6, 6.07) is 11.9. The van der Waals surface area contributed by atoms with Gasteiger partial charge >= 0.3 is 5.97 Å². The topological polar surface area (TPSA) is 90.8 Å². The third-order valence-electron chi connectivity index (χ3n) is 4.83. The molecule has 8 heteroatoms. The zero-order valence-corrected chi connectivity index (χ0v) is 16.4. The average molecular weight is 415 g/mol. The highest BCUT2D eigenvalue weighted by atomic mass is 35.5. The van der Waals surface area contributed by atoms with Crippen LogP contribution in [0.2, 0.25) is 5.02 Å². The van der Waals surface area contributed by atoms with Crippen molar-refractivity contribution in [3.63, 3.8) is 0 Å². The van der Waals surface area contributed by atoms with E-state index in [0.717, 1.165) is 6.42 Å². The molecule has 0 bridgehead atoms. The number of carboxylic acid groups (broad SMARTS) is 1. The Bertz CT molecular complexity index is 1040. The quantitative estimate of drug-likeness (QED) is 0.635. The monoisotopic (exact) mass is 414 g/mol. The maximum absolute atomic E-state index is 11.8. The van der Waals surface area contributed by atoms with Gasteiger partial charge in [0.1, 0.15) is 17.6 Å². The number of aliphatic carboxylic acids is 1. The fraction of sp³-hybridized carbons (Fsp3) is 0.286. The van der Waals surface area contributed by atoms with Gasteiger partial charge in [0.2, 0.25) is 11.5 Å². The highest BCUT2D eigenvalue weighted by molar-refractivity contribution is 6.31. The molecule has 3 aromatic rings. The molecule has 0 saturated carbocycles. The SMILES string of the molecule is CC(Oc1ccc(Oc2cnc3cc(Cl)ccc3n2)cc1)(C(=O)O)C1CCCO1. The van der Waals surface area contributed by atoms with Crippen LogP contribution in [0.4, 0.5) is 0 Å². The van der Waals surface area contributed by atoms with Crippen LogP contribution in [0.3, 0.4) is 0 Å². The first-order chi connectivity index (χ1) is 13.9. The standard InChI is InChI=1S/C21H19ClN2O5/c1-21(20(25)26,18-3-2-10-27-18)29-15-7-5-14(6-8-15)28-19-12-23-17-11-13(22)4-9-16(17)24-19/h4-9,11-12,18H,2-3,10H2,1H3,(H,25,26). The fourth-order valence-electron chi connectivity index (χ4n) is 3.22. The Kier molecular flexibility index (Phi) is 5.25. The number of aromatic nitrogens is 2. The van der Waals surface area contributed by atoms with Gasteiger partial charge in [0.25, 0.3) is 0 Å². The Morgan fingerprint density at radius 2 is 1.97 bits per heavy atom. The zero-order valence-electron chi connectivity index (χ0n) is 15.7. The van der Waals surface area contributed by atoms with Gasteiger partial charge in [-0.25, -0.2) is 14.8 Å². The highest BCUT2D eigenvalue weighted by Gasteiger charge is 2.46. The number of benzene rings is 2. The van der Waals surface area contributed by atoms with Crippen molar-refractivity contribution < 1.29 is 24.1 Å². The molecule has 1 aliphatic heterocycles. The number of rotatable bonds is 6. The minimum atomic E-state index is -1.45. The van der Waals surface area contributed by atoms with E-state index in [1.54, 1.807) is 42.5 Å². The van der Waals surface area contributed by atoms with Gasteiger partial charge in [0.15, 0.2) is 0 Å². The summed E-state index contributed by atoms with van der Waals surface area (Å²) in [6.45, 7) is 2.08. The predicted octanol–water partition coefficient (Wildman–Crippen LogP) is 4.48. The first kappa shape index (κ1) is 19.4. The molecule has 7 nitrogen and oxygen atoms in total. The maximum Gasteiger partial charge on any atom is 0.350 e. The van der Waals surface area contributed by atoms with Crippen molar-refractivity contribution in [2.45, 2.75) is 31.5 Å². The first-order valence-corrected chi connectivity index (χ1v) is 9.56. The van der Waals surface area contributed by atoms with Gasteiger partial charge in [-0.05, 0) is 62.2 Å². The number of fused-ring (bicyclic) bond motifs is 1. The molecule has 0 spiro atoms. The van der Waals surface area contributed by atoms with E-state index in [4.69, 9.17) is 25.8 Å². The summed E-state index contributed by atoms with van der Waals surface area (Å²) in [4.78, 5) is 20.5. The lowest BCUT2D eigenvalue weighted by molar-refractivity contribution is -0.165. The van der Waals surface area contributed by atoms with Crippen molar-refractivity contribution in [3.8, 4) is 17.4 Å². The van der Waals surface area contributed by atoms with Crippen molar-refractivity contribution in [2.24, 2.45) is 0 Å². The number of hydrogen-bond donors (Lipinski definition) is 1. The molecule has 1 saturated heterocycles. The minimum Gasteiger partial charge on any atom is -0.478 e. The summed E-state index contributed by atoms with van der Waals surface area (Å²) in [6.07, 6.45) is 2.50. The number of carboxylic acids is 1.